The molecule has 1 aliphatic carbocycles. The van der Waals surface area contributed by atoms with Gasteiger partial charge in [-0.2, -0.15) is 5.10 Å². The normalized spacial score (nSPS) is 17.3. The van der Waals surface area contributed by atoms with Crippen molar-refractivity contribution in [3.63, 3.8) is 0 Å². The summed E-state index contributed by atoms with van der Waals surface area (Å²) in [5.74, 6) is 1.30. The first-order valence-electron chi connectivity index (χ1n) is 11.5. The van der Waals surface area contributed by atoms with Crippen LogP contribution in [0.1, 0.15) is 36.4 Å². The van der Waals surface area contributed by atoms with E-state index in [1.165, 1.54) is 5.01 Å². The van der Waals surface area contributed by atoms with Crippen molar-refractivity contribution in [3.8, 4) is 11.5 Å². The quantitative estimate of drug-likeness (QED) is 0.538. The maximum Gasteiger partial charge on any atom is 0.262 e. The first kappa shape index (κ1) is 23.8. The van der Waals surface area contributed by atoms with Crippen molar-refractivity contribution in [2.24, 2.45) is 11.0 Å². The van der Waals surface area contributed by atoms with Gasteiger partial charge in [0.2, 0.25) is 5.91 Å². The molecule has 1 aliphatic heterocycles. The van der Waals surface area contributed by atoms with Gasteiger partial charge in [0.25, 0.3) is 5.91 Å². The molecule has 0 unspecified atom stereocenters. The van der Waals surface area contributed by atoms with Gasteiger partial charge in [-0.25, -0.2) is 5.01 Å². The monoisotopic (exact) mass is 465 g/mol. The van der Waals surface area contributed by atoms with Crippen molar-refractivity contribution in [2.75, 3.05) is 41.0 Å². The summed E-state index contributed by atoms with van der Waals surface area (Å²) in [5, 5.41) is 6.26. The average molecular weight is 466 g/mol. The molecule has 2 aromatic rings. The summed E-state index contributed by atoms with van der Waals surface area (Å²) in [6.45, 7) is 0.733. The number of nitrogens with zero attached hydrogens (tertiary/aromatic N) is 3. The molecule has 34 heavy (non-hydrogen) atoms. The van der Waals surface area contributed by atoms with Crippen LogP contribution in [0.2, 0.25) is 0 Å². The number of carbonyl (C=O) groups is 2. The third kappa shape index (κ3) is 5.39. The maximum atomic E-state index is 13.5. The molecule has 1 saturated carbocycles. The Morgan fingerprint density at radius 3 is 2.41 bits per heavy atom. The van der Waals surface area contributed by atoms with Crippen LogP contribution < -0.4 is 9.47 Å². The number of hydrazone groups is 1. The van der Waals surface area contributed by atoms with Crippen LogP contribution in [0, 0.1) is 5.92 Å². The summed E-state index contributed by atoms with van der Waals surface area (Å²) >= 11 is 0. The van der Waals surface area contributed by atoms with Crippen molar-refractivity contribution in [2.45, 2.75) is 25.3 Å². The number of benzene rings is 2. The van der Waals surface area contributed by atoms with Gasteiger partial charge >= 0.3 is 0 Å². The molecule has 1 fully saturated rings. The molecule has 2 aliphatic rings. The van der Waals surface area contributed by atoms with Gasteiger partial charge < -0.3 is 19.1 Å². The Bertz CT molecular complexity index is 1050. The van der Waals surface area contributed by atoms with E-state index in [0.717, 1.165) is 41.2 Å². The second-order valence-electron chi connectivity index (χ2n) is 8.54. The van der Waals surface area contributed by atoms with Gasteiger partial charge in [0.15, 0.2) is 0 Å². The van der Waals surface area contributed by atoms with E-state index < -0.39 is 0 Å². The zero-order valence-electron chi connectivity index (χ0n) is 19.9. The highest BCUT2D eigenvalue weighted by Crippen LogP contribution is 2.35. The van der Waals surface area contributed by atoms with E-state index in [4.69, 9.17) is 19.3 Å². The second kappa shape index (κ2) is 10.7. The zero-order valence-corrected chi connectivity index (χ0v) is 19.9. The number of rotatable bonds is 10. The molecular formula is C26H31N3O5. The standard InChI is InChI=1S/C26H31N3O5/c1-32-14-13-28(26(31)19-7-8-19)17-25(30)29-24(18-9-11-21(33-2)12-10-18)16-23(27-29)20-5-4-6-22(15-20)34-3/h4-6,9-12,15,19,24H,7-8,13-14,16-17H2,1-3H3/t24-/m0/s1. The van der Waals surface area contributed by atoms with Crippen LogP contribution in [-0.4, -0.2) is 68.5 Å². The van der Waals surface area contributed by atoms with Gasteiger partial charge in [-0.15, -0.1) is 0 Å². The van der Waals surface area contributed by atoms with Crippen LogP contribution in [0.5, 0.6) is 11.5 Å². The van der Waals surface area contributed by atoms with Gasteiger partial charge in [-0.3, -0.25) is 9.59 Å². The molecule has 0 spiro atoms. The van der Waals surface area contributed by atoms with Crippen LogP contribution in [-0.2, 0) is 14.3 Å². The van der Waals surface area contributed by atoms with E-state index in [1.54, 1.807) is 26.2 Å². The Labute approximate surface area is 200 Å². The highest BCUT2D eigenvalue weighted by molar-refractivity contribution is 6.03. The van der Waals surface area contributed by atoms with E-state index in [0.29, 0.717) is 19.6 Å². The fourth-order valence-electron chi connectivity index (χ4n) is 4.10. The predicted octanol–water partition coefficient (Wildman–Crippen LogP) is 3.27. The molecule has 0 bridgehead atoms. The summed E-state index contributed by atoms with van der Waals surface area (Å²) in [7, 11) is 4.83. The molecule has 1 atom stereocenters. The highest BCUT2D eigenvalue weighted by atomic mass is 16.5. The molecule has 4 rings (SSSR count). The van der Waals surface area contributed by atoms with Crippen LogP contribution in [0.3, 0.4) is 0 Å². The summed E-state index contributed by atoms with van der Waals surface area (Å²) in [4.78, 5) is 27.9. The van der Waals surface area contributed by atoms with Crippen molar-refractivity contribution in [1.29, 1.82) is 0 Å². The first-order valence-corrected chi connectivity index (χ1v) is 11.5. The van der Waals surface area contributed by atoms with Gasteiger partial charge in [-0.05, 0) is 42.7 Å². The average Bonchev–Trinajstić information content (AvgIpc) is 3.63. The molecule has 0 radical (unpaired) electrons. The van der Waals surface area contributed by atoms with Crippen LogP contribution in [0.15, 0.2) is 53.6 Å². The Hall–Kier alpha value is -3.39. The molecule has 180 valence electrons. The van der Waals surface area contributed by atoms with Crippen LogP contribution >= 0.6 is 0 Å². The van der Waals surface area contributed by atoms with Crippen LogP contribution in [0.25, 0.3) is 0 Å². The Morgan fingerprint density at radius 2 is 1.76 bits per heavy atom. The van der Waals surface area contributed by atoms with E-state index in [-0.39, 0.29) is 30.3 Å². The molecule has 8 nitrogen and oxygen atoms in total. The second-order valence-corrected chi connectivity index (χ2v) is 8.54. The summed E-state index contributed by atoms with van der Waals surface area (Å²) < 4.78 is 15.8. The van der Waals surface area contributed by atoms with Crippen molar-refractivity contribution >= 4 is 17.5 Å². The van der Waals surface area contributed by atoms with Gasteiger partial charge in [0, 0.05) is 31.6 Å². The fourth-order valence-corrected chi connectivity index (χ4v) is 4.10. The van der Waals surface area contributed by atoms with E-state index >= 15 is 0 Å². The molecule has 1 heterocycles. The number of hydrogen-bond donors (Lipinski definition) is 0. The molecular weight excluding hydrogens is 434 g/mol. The number of carbonyl (C=O) groups excluding carboxylic acids is 2. The van der Waals surface area contributed by atoms with Crippen molar-refractivity contribution < 1.29 is 23.8 Å². The number of hydrogen-bond acceptors (Lipinski definition) is 6. The third-order valence-corrected chi connectivity index (χ3v) is 6.20. The minimum Gasteiger partial charge on any atom is -0.497 e. The first-order chi connectivity index (χ1) is 16.5. The lowest BCUT2D eigenvalue weighted by Crippen LogP contribution is -2.43. The smallest absolute Gasteiger partial charge is 0.262 e. The molecule has 8 heteroatoms. The Morgan fingerprint density at radius 1 is 1.03 bits per heavy atom. The largest absolute Gasteiger partial charge is 0.497 e. The predicted molar refractivity (Wildman–Crippen MR) is 128 cm³/mol. The maximum absolute atomic E-state index is 13.5. The minimum atomic E-state index is -0.278. The molecule has 0 saturated heterocycles. The molecule has 2 aromatic carbocycles. The van der Waals surface area contributed by atoms with Gasteiger partial charge in [0.1, 0.15) is 18.0 Å². The Balaban J connectivity index is 1.61. The fraction of sp³-hybridized carbons (Fsp3) is 0.423. The minimum absolute atomic E-state index is 0.0163. The van der Waals surface area contributed by atoms with E-state index in [2.05, 4.69) is 0 Å². The van der Waals surface area contributed by atoms with Gasteiger partial charge in [-0.1, -0.05) is 24.3 Å². The van der Waals surface area contributed by atoms with Crippen LogP contribution in [0.4, 0.5) is 0 Å². The molecule has 2 amide bonds. The lowest BCUT2D eigenvalue weighted by Gasteiger charge is -2.27. The summed E-state index contributed by atoms with van der Waals surface area (Å²) in [6, 6.07) is 15.0. The topological polar surface area (TPSA) is 80.7 Å². The molecule has 0 N–H and O–H groups in total. The zero-order chi connectivity index (χ0) is 24.1. The lowest BCUT2D eigenvalue weighted by atomic mass is 9.98. The number of ether oxygens (including phenoxy) is 3. The number of methoxy groups -OCH3 is 3. The van der Waals surface area contributed by atoms with Crippen molar-refractivity contribution in [1.82, 2.24) is 9.91 Å². The third-order valence-electron chi connectivity index (χ3n) is 6.20. The lowest BCUT2D eigenvalue weighted by molar-refractivity contribution is -0.142. The summed E-state index contributed by atoms with van der Waals surface area (Å²) in [5.41, 5.74) is 2.65. The van der Waals surface area contributed by atoms with E-state index in [1.807, 2.05) is 48.5 Å². The number of amides is 2. The van der Waals surface area contributed by atoms with E-state index in [9.17, 15) is 9.59 Å². The highest BCUT2D eigenvalue weighted by Gasteiger charge is 2.37. The summed E-state index contributed by atoms with van der Waals surface area (Å²) in [6.07, 6.45) is 2.32. The van der Waals surface area contributed by atoms with Gasteiger partial charge in [0.05, 0.1) is 32.6 Å². The molecule has 0 aromatic heterocycles. The SMILES string of the molecule is COCCN(CC(=O)N1N=C(c2cccc(OC)c2)C[C@H]1c1ccc(OC)cc1)C(=O)C1CC1. The van der Waals surface area contributed by atoms with Crippen molar-refractivity contribution in [3.05, 3.63) is 59.7 Å². The Kier molecular flexibility index (Phi) is 7.47.